The van der Waals surface area contributed by atoms with E-state index in [1.165, 1.54) is 11.1 Å². The molecule has 1 spiro atoms. The number of para-hydroxylation sites is 1. The molecule has 2 heterocycles. The van der Waals surface area contributed by atoms with E-state index in [9.17, 15) is 4.79 Å². The highest BCUT2D eigenvalue weighted by atomic mass is 16.2. The normalized spacial score (nSPS) is 27.4. The molecule has 4 rings (SSSR count). The van der Waals surface area contributed by atoms with Crippen molar-refractivity contribution in [2.45, 2.75) is 17.9 Å². The summed E-state index contributed by atoms with van der Waals surface area (Å²) in [4.78, 5) is 14.9. The standard InChI is InChI=1S/C18H18N2O/c1-20-15-10-6-5-9-14(15)18(17(20)21)11-12-19-16(18)13-7-3-2-4-8-13/h2-10,16,19H,11-12H2,1H3/p+1/t16-,18-/m0/s1. The first-order chi connectivity index (χ1) is 10.2. The third-order valence-corrected chi connectivity index (χ3v) is 5.06. The van der Waals surface area contributed by atoms with E-state index in [-0.39, 0.29) is 11.9 Å². The number of benzene rings is 2. The van der Waals surface area contributed by atoms with Crippen molar-refractivity contribution in [3.8, 4) is 0 Å². The molecule has 2 atom stereocenters. The molecule has 2 aliphatic rings. The van der Waals surface area contributed by atoms with Gasteiger partial charge in [-0.25, -0.2) is 0 Å². The van der Waals surface area contributed by atoms with E-state index in [1.807, 2.05) is 30.1 Å². The number of amides is 1. The fraction of sp³-hybridized carbons (Fsp3) is 0.278. The fourth-order valence-corrected chi connectivity index (χ4v) is 4.12. The van der Waals surface area contributed by atoms with Gasteiger partial charge in [-0.2, -0.15) is 0 Å². The molecule has 2 aromatic rings. The fourth-order valence-electron chi connectivity index (χ4n) is 4.12. The quantitative estimate of drug-likeness (QED) is 0.846. The summed E-state index contributed by atoms with van der Waals surface area (Å²) in [5, 5.41) is 2.32. The zero-order valence-corrected chi connectivity index (χ0v) is 12.1. The van der Waals surface area contributed by atoms with Crippen molar-refractivity contribution in [1.29, 1.82) is 0 Å². The van der Waals surface area contributed by atoms with Crippen molar-refractivity contribution in [3.05, 3.63) is 65.7 Å². The second kappa shape index (κ2) is 4.43. The second-order valence-electron chi connectivity index (χ2n) is 6.02. The van der Waals surface area contributed by atoms with Gasteiger partial charge in [0.2, 0.25) is 5.91 Å². The number of anilines is 1. The van der Waals surface area contributed by atoms with Gasteiger partial charge in [0.1, 0.15) is 11.5 Å². The van der Waals surface area contributed by atoms with Crippen LogP contribution in [0.25, 0.3) is 0 Å². The predicted molar refractivity (Wildman–Crippen MR) is 82.1 cm³/mol. The highest BCUT2D eigenvalue weighted by Gasteiger charge is 2.60. The molecule has 2 aliphatic heterocycles. The number of nitrogens with zero attached hydrogens (tertiary/aromatic N) is 1. The zero-order chi connectivity index (χ0) is 14.4. The number of quaternary nitrogens is 1. The lowest BCUT2D eigenvalue weighted by Gasteiger charge is -2.27. The van der Waals surface area contributed by atoms with Crippen molar-refractivity contribution >= 4 is 11.6 Å². The molecule has 0 saturated carbocycles. The summed E-state index contributed by atoms with van der Waals surface area (Å²) >= 11 is 0. The molecule has 0 aromatic heterocycles. The molecule has 1 saturated heterocycles. The Bertz CT molecular complexity index is 697. The maximum atomic E-state index is 13.1. The highest BCUT2D eigenvalue weighted by Crippen LogP contribution is 2.50. The third-order valence-electron chi connectivity index (χ3n) is 5.06. The molecule has 2 N–H and O–H groups in total. The van der Waals surface area contributed by atoms with Gasteiger partial charge in [0.15, 0.2) is 0 Å². The molecule has 0 aliphatic carbocycles. The van der Waals surface area contributed by atoms with E-state index in [0.717, 1.165) is 18.7 Å². The van der Waals surface area contributed by atoms with Crippen LogP contribution in [-0.2, 0) is 10.2 Å². The number of carbonyl (C=O) groups is 1. The second-order valence-corrected chi connectivity index (χ2v) is 6.02. The van der Waals surface area contributed by atoms with Crippen molar-refractivity contribution in [3.63, 3.8) is 0 Å². The first-order valence-corrected chi connectivity index (χ1v) is 7.51. The molecule has 106 valence electrons. The Hall–Kier alpha value is -2.13. The van der Waals surface area contributed by atoms with Crippen molar-refractivity contribution in [1.82, 2.24) is 0 Å². The Balaban J connectivity index is 1.92. The van der Waals surface area contributed by atoms with Crippen LogP contribution in [-0.4, -0.2) is 19.5 Å². The van der Waals surface area contributed by atoms with Gasteiger partial charge in [-0.1, -0.05) is 48.5 Å². The number of nitrogens with two attached hydrogens (primary N) is 1. The molecule has 0 unspecified atom stereocenters. The van der Waals surface area contributed by atoms with Gasteiger partial charge in [-0.15, -0.1) is 0 Å². The molecular formula is C18H19N2O+. The van der Waals surface area contributed by atoms with Crippen LogP contribution in [0.1, 0.15) is 23.6 Å². The molecule has 1 fully saturated rings. The van der Waals surface area contributed by atoms with E-state index >= 15 is 0 Å². The van der Waals surface area contributed by atoms with E-state index in [1.54, 1.807) is 0 Å². The number of hydrogen-bond acceptors (Lipinski definition) is 1. The van der Waals surface area contributed by atoms with Crippen LogP contribution in [0, 0.1) is 0 Å². The topological polar surface area (TPSA) is 36.9 Å². The van der Waals surface area contributed by atoms with Crippen molar-refractivity contribution < 1.29 is 10.1 Å². The molecule has 0 radical (unpaired) electrons. The van der Waals surface area contributed by atoms with Crippen LogP contribution in [0.3, 0.4) is 0 Å². The van der Waals surface area contributed by atoms with Gasteiger partial charge < -0.3 is 10.2 Å². The number of fused-ring (bicyclic) bond motifs is 2. The van der Waals surface area contributed by atoms with Crippen LogP contribution in [0.5, 0.6) is 0 Å². The van der Waals surface area contributed by atoms with Crippen LogP contribution in [0.2, 0.25) is 0 Å². The Morgan fingerprint density at radius 3 is 2.62 bits per heavy atom. The molecule has 3 nitrogen and oxygen atoms in total. The summed E-state index contributed by atoms with van der Waals surface area (Å²) in [6.45, 7) is 0.994. The Labute approximate surface area is 124 Å². The minimum absolute atomic E-state index is 0.178. The minimum Gasteiger partial charge on any atom is -0.339 e. The summed E-state index contributed by atoms with van der Waals surface area (Å²) in [5.74, 6) is 0.242. The van der Waals surface area contributed by atoms with E-state index in [0.29, 0.717) is 0 Å². The monoisotopic (exact) mass is 279 g/mol. The van der Waals surface area contributed by atoms with Crippen molar-refractivity contribution in [2.75, 3.05) is 18.5 Å². The molecule has 2 aromatic carbocycles. The summed E-state index contributed by atoms with van der Waals surface area (Å²) in [7, 11) is 1.90. The first-order valence-electron chi connectivity index (χ1n) is 7.51. The van der Waals surface area contributed by atoms with Gasteiger partial charge in [0, 0.05) is 24.7 Å². The van der Waals surface area contributed by atoms with E-state index in [2.05, 4.69) is 41.7 Å². The van der Waals surface area contributed by atoms with Crippen LogP contribution in [0.15, 0.2) is 54.6 Å². The van der Waals surface area contributed by atoms with Gasteiger partial charge in [0.05, 0.1) is 6.54 Å². The largest absolute Gasteiger partial charge is 0.339 e. The number of carbonyl (C=O) groups excluding carboxylic acids is 1. The molecule has 0 bridgehead atoms. The predicted octanol–water partition coefficient (Wildman–Crippen LogP) is 1.61. The lowest BCUT2D eigenvalue weighted by atomic mass is 9.73. The SMILES string of the molecule is CN1C(=O)[C@@]2(CC[NH2+][C@H]2c2ccccc2)c2ccccc21. The summed E-state index contributed by atoms with van der Waals surface area (Å²) < 4.78 is 0. The van der Waals surface area contributed by atoms with Gasteiger partial charge >= 0.3 is 0 Å². The smallest absolute Gasteiger partial charge is 0.244 e. The van der Waals surface area contributed by atoms with Crippen LogP contribution < -0.4 is 10.2 Å². The number of hydrogen-bond donors (Lipinski definition) is 1. The van der Waals surface area contributed by atoms with Gasteiger partial charge in [0.25, 0.3) is 0 Å². The van der Waals surface area contributed by atoms with Crippen molar-refractivity contribution in [2.24, 2.45) is 0 Å². The first kappa shape index (κ1) is 12.6. The molecular weight excluding hydrogens is 260 g/mol. The Morgan fingerprint density at radius 1 is 1.10 bits per heavy atom. The maximum Gasteiger partial charge on any atom is 0.244 e. The Morgan fingerprint density at radius 2 is 1.81 bits per heavy atom. The highest BCUT2D eigenvalue weighted by molar-refractivity contribution is 6.08. The third kappa shape index (κ3) is 1.55. The van der Waals surface area contributed by atoms with Gasteiger partial charge in [-0.05, 0) is 11.6 Å². The Kier molecular flexibility index (Phi) is 2.66. The lowest BCUT2D eigenvalue weighted by Crippen LogP contribution is -2.83. The summed E-state index contributed by atoms with van der Waals surface area (Å²) in [5.41, 5.74) is 3.11. The van der Waals surface area contributed by atoms with Crippen LogP contribution in [0.4, 0.5) is 5.69 Å². The molecule has 21 heavy (non-hydrogen) atoms. The average Bonchev–Trinajstić information content (AvgIpc) is 3.07. The molecule has 1 amide bonds. The summed E-state index contributed by atoms with van der Waals surface area (Å²) in [6.07, 6.45) is 0.909. The minimum atomic E-state index is -0.396. The number of rotatable bonds is 1. The zero-order valence-electron chi connectivity index (χ0n) is 12.1. The lowest BCUT2D eigenvalue weighted by molar-refractivity contribution is -0.679. The van der Waals surface area contributed by atoms with E-state index < -0.39 is 5.41 Å². The molecule has 3 heteroatoms. The van der Waals surface area contributed by atoms with Crippen LogP contribution >= 0.6 is 0 Å². The van der Waals surface area contributed by atoms with E-state index in [4.69, 9.17) is 0 Å². The average molecular weight is 279 g/mol. The van der Waals surface area contributed by atoms with Gasteiger partial charge in [-0.3, -0.25) is 4.79 Å². The number of likely N-dealkylation sites (N-methyl/N-ethyl adjacent to an activating group) is 1. The summed E-state index contributed by atoms with van der Waals surface area (Å²) in [6, 6.07) is 18.9. The maximum absolute atomic E-state index is 13.1.